The van der Waals surface area contributed by atoms with E-state index in [1.165, 1.54) is 11.1 Å². The third-order valence-corrected chi connectivity index (χ3v) is 9.30. The molecule has 1 saturated carbocycles. The van der Waals surface area contributed by atoms with E-state index in [9.17, 15) is 9.59 Å². The molecule has 1 saturated heterocycles. The van der Waals surface area contributed by atoms with Gasteiger partial charge in [-0.15, -0.1) is 10.2 Å². The average molecular weight is 580 g/mol. The van der Waals surface area contributed by atoms with E-state index in [4.69, 9.17) is 0 Å². The number of piperazine rings is 1. The standard InChI is InChI=1S/C34H37N5O2S/c1-25-24-37(19-20-38(25)33(41)30-23-29(30)27-14-7-3-8-15-27)32(40)18-11-21-42-34-36-35-31(22-26-12-5-2-6-13-26)39(34)28-16-9-4-10-17-28/h2-10,12-17,25,29-30H,11,18-24H2,1H3. The van der Waals surface area contributed by atoms with Gasteiger partial charge in [-0.2, -0.15) is 0 Å². The number of carbonyl (C=O) groups excluding carboxylic acids is 2. The summed E-state index contributed by atoms with van der Waals surface area (Å²) in [5.41, 5.74) is 3.48. The number of hydrogen-bond acceptors (Lipinski definition) is 5. The Morgan fingerprint density at radius 2 is 1.57 bits per heavy atom. The number of thioether (sulfide) groups is 1. The molecule has 2 aliphatic rings. The Morgan fingerprint density at radius 1 is 0.881 bits per heavy atom. The van der Waals surface area contributed by atoms with Gasteiger partial charge in [0.25, 0.3) is 0 Å². The molecule has 1 aliphatic heterocycles. The molecule has 216 valence electrons. The molecule has 0 spiro atoms. The van der Waals surface area contributed by atoms with Crippen LogP contribution in [0, 0.1) is 5.92 Å². The maximum Gasteiger partial charge on any atom is 0.226 e. The molecule has 1 aromatic heterocycles. The van der Waals surface area contributed by atoms with Crippen LogP contribution in [0.25, 0.3) is 5.69 Å². The summed E-state index contributed by atoms with van der Waals surface area (Å²) in [6, 6.07) is 30.9. The second-order valence-electron chi connectivity index (χ2n) is 11.3. The lowest BCUT2D eigenvalue weighted by atomic mass is 10.1. The normalized spacial score (nSPS) is 20.0. The molecular weight excluding hydrogens is 542 g/mol. The highest BCUT2D eigenvalue weighted by Gasteiger charge is 2.47. The lowest BCUT2D eigenvalue weighted by Crippen LogP contribution is -2.55. The highest BCUT2D eigenvalue weighted by atomic mass is 32.2. The van der Waals surface area contributed by atoms with Crippen LogP contribution in [-0.4, -0.2) is 67.8 Å². The molecule has 7 nitrogen and oxygen atoms in total. The van der Waals surface area contributed by atoms with Crippen LogP contribution >= 0.6 is 11.8 Å². The minimum Gasteiger partial charge on any atom is -0.339 e. The SMILES string of the molecule is CC1CN(C(=O)CCCSc2nnc(Cc3ccccc3)n2-c2ccccc2)CCN1C(=O)C1CC1c1ccccc1. The zero-order valence-electron chi connectivity index (χ0n) is 24.0. The van der Waals surface area contributed by atoms with Crippen LogP contribution in [0.15, 0.2) is 96.2 Å². The van der Waals surface area contributed by atoms with Crippen molar-refractivity contribution in [2.45, 2.75) is 49.7 Å². The fraction of sp³-hybridized carbons (Fsp3) is 0.353. The Hall–Kier alpha value is -3.91. The number of carbonyl (C=O) groups is 2. The molecular formula is C34H37N5O2S. The molecule has 1 aliphatic carbocycles. The summed E-state index contributed by atoms with van der Waals surface area (Å²) in [5.74, 6) is 2.50. The largest absolute Gasteiger partial charge is 0.339 e. The molecule has 0 radical (unpaired) electrons. The highest BCUT2D eigenvalue weighted by Crippen LogP contribution is 2.48. The number of amides is 2. The Kier molecular flexibility index (Phi) is 8.70. The lowest BCUT2D eigenvalue weighted by Gasteiger charge is -2.40. The molecule has 4 aromatic rings. The predicted octanol–water partition coefficient (Wildman–Crippen LogP) is 5.59. The first kappa shape index (κ1) is 28.2. The number of rotatable bonds is 10. The van der Waals surface area contributed by atoms with Crippen molar-refractivity contribution in [2.75, 3.05) is 25.4 Å². The van der Waals surface area contributed by atoms with E-state index in [0.29, 0.717) is 38.4 Å². The van der Waals surface area contributed by atoms with Crippen molar-refractivity contribution in [3.8, 4) is 5.69 Å². The molecule has 2 amide bonds. The Morgan fingerprint density at radius 3 is 2.29 bits per heavy atom. The van der Waals surface area contributed by atoms with Gasteiger partial charge in [0.1, 0.15) is 5.82 Å². The van der Waals surface area contributed by atoms with Crippen LogP contribution in [0.1, 0.15) is 49.1 Å². The van der Waals surface area contributed by atoms with Gasteiger partial charge in [0.2, 0.25) is 11.8 Å². The highest BCUT2D eigenvalue weighted by molar-refractivity contribution is 7.99. The van der Waals surface area contributed by atoms with E-state index < -0.39 is 0 Å². The van der Waals surface area contributed by atoms with Crippen molar-refractivity contribution >= 4 is 23.6 Å². The summed E-state index contributed by atoms with van der Waals surface area (Å²) in [4.78, 5) is 30.2. The molecule has 8 heteroatoms. The first-order valence-electron chi connectivity index (χ1n) is 14.9. The first-order valence-corrected chi connectivity index (χ1v) is 15.9. The van der Waals surface area contributed by atoms with Gasteiger partial charge in [-0.25, -0.2) is 0 Å². The fourth-order valence-corrected chi connectivity index (χ4v) is 6.84. The molecule has 42 heavy (non-hydrogen) atoms. The summed E-state index contributed by atoms with van der Waals surface area (Å²) in [7, 11) is 0. The lowest BCUT2D eigenvalue weighted by molar-refractivity contribution is -0.143. The fourth-order valence-electron chi connectivity index (χ4n) is 5.93. The topological polar surface area (TPSA) is 71.3 Å². The van der Waals surface area contributed by atoms with Gasteiger partial charge < -0.3 is 9.80 Å². The van der Waals surface area contributed by atoms with Gasteiger partial charge in [0.05, 0.1) is 0 Å². The van der Waals surface area contributed by atoms with Crippen molar-refractivity contribution in [1.82, 2.24) is 24.6 Å². The third kappa shape index (κ3) is 6.44. The summed E-state index contributed by atoms with van der Waals surface area (Å²) in [5, 5.41) is 9.89. The van der Waals surface area contributed by atoms with Gasteiger partial charge in [-0.1, -0.05) is 90.6 Å². The summed E-state index contributed by atoms with van der Waals surface area (Å²) in [6.45, 7) is 3.89. The molecule has 6 rings (SSSR count). The molecule has 0 N–H and O–H groups in total. The third-order valence-electron chi connectivity index (χ3n) is 8.28. The number of para-hydroxylation sites is 1. The maximum absolute atomic E-state index is 13.2. The van der Waals surface area contributed by atoms with Crippen molar-refractivity contribution in [2.24, 2.45) is 5.92 Å². The zero-order valence-corrected chi connectivity index (χ0v) is 24.8. The van der Waals surface area contributed by atoms with Crippen LogP contribution in [0.4, 0.5) is 0 Å². The minimum atomic E-state index is 0.0362. The van der Waals surface area contributed by atoms with E-state index >= 15 is 0 Å². The summed E-state index contributed by atoms with van der Waals surface area (Å²) >= 11 is 1.64. The van der Waals surface area contributed by atoms with Gasteiger partial charge >= 0.3 is 0 Å². The van der Waals surface area contributed by atoms with E-state index in [2.05, 4.69) is 58.1 Å². The van der Waals surface area contributed by atoms with Crippen LogP contribution < -0.4 is 0 Å². The maximum atomic E-state index is 13.2. The van der Waals surface area contributed by atoms with Crippen molar-refractivity contribution in [3.05, 3.63) is 108 Å². The Bertz CT molecular complexity index is 1490. The molecule has 2 heterocycles. The van der Waals surface area contributed by atoms with Crippen molar-refractivity contribution < 1.29 is 9.59 Å². The van der Waals surface area contributed by atoms with Crippen LogP contribution in [-0.2, 0) is 16.0 Å². The zero-order chi connectivity index (χ0) is 28.9. The smallest absolute Gasteiger partial charge is 0.226 e. The molecule has 3 aromatic carbocycles. The Labute approximate surface area is 251 Å². The molecule has 3 unspecified atom stereocenters. The number of aromatic nitrogens is 3. The number of nitrogens with zero attached hydrogens (tertiary/aromatic N) is 5. The van der Waals surface area contributed by atoms with Crippen LogP contribution in [0.2, 0.25) is 0 Å². The molecule has 0 bridgehead atoms. The molecule has 2 fully saturated rings. The number of hydrogen-bond donors (Lipinski definition) is 0. The number of benzene rings is 3. The molecule has 3 atom stereocenters. The Balaban J connectivity index is 0.996. The van der Waals surface area contributed by atoms with E-state index in [1.54, 1.807) is 11.8 Å². The van der Waals surface area contributed by atoms with E-state index in [0.717, 1.165) is 35.3 Å². The monoisotopic (exact) mass is 579 g/mol. The van der Waals surface area contributed by atoms with Crippen molar-refractivity contribution in [3.63, 3.8) is 0 Å². The summed E-state index contributed by atoms with van der Waals surface area (Å²) in [6.07, 6.45) is 2.87. The van der Waals surface area contributed by atoms with Crippen molar-refractivity contribution in [1.29, 1.82) is 0 Å². The van der Waals surface area contributed by atoms with Gasteiger partial charge in [-0.3, -0.25) is 14.2 Å². The quantitative estimate of drug-likeness (QED) is 0.181. The second-order valence-corrected chi connectivity index (χ2v) is 12.3. The van der Waals surface area contributed by atoms with Crippen LogP contribution in [0.3, 0.4) is 0 Å². The summed E-state index contributed by atoms with van der Waals surface area (Å²) < 4.78 is 2.12. The van der Waals surface area contributed by atoms with Gasteiger partial charge in [-0.05, 0) is 48.9 Å². The van der Waals surface area contributed by atoms with Gasteiger partial charge in [0.15, 0.2) is 5.16 Å². The van der Waals surface area contributed by atoms with E-state index in [-0.39, 0.29) is 23.8 Å². The van der Waals surface area contributed by atoms with Gasteiger partial charge in [0, 0.05) is 55.9 Å². The van der Waals surface area contributed by atoms with Crippen LogP contribution in [0.5, 0.6) is 0 Å². The second kappa shape index (κ2) is 12.9. The predicted molar refractivity (Wildman–Crippen MR) is 166 cm³/mol. The minimum absolute atomic E-state index is 0.0362. The first-order chi connectivity index (χ1) is 20.6. The van der Waals surface area contributed by atoms with E-state index in [1.807, 2.05) is 64.4 Å². The average Bonchev–Trinajstić information content (AvgIpc) is 3.74.